The lowest BCUT2D eigenvalue weighted by Crippen LogP contribution is -2.18. The first kappa shape index (κ1) is 22.9. The summed E-state index contributed by atoms with van der Waals surface area (Å²) in [6.07, 6.45) is 6.16. The largest absolute Gasteiger partial charge is 0.495 e. The third kappa shape index (κ3) is 4.69. The third-order valence-corrected chi connectivity index (χ3v) is 5.67. The predicted octanol–water partition coefficient (Wildman–Crippen LogP) is 5.35. The average molecular weight is 481 g/mol. The minimum atomic E-state index is -0.404. The molecule has 0 radical (unpaired) electrons. The van der Waals surface area contributed by atoms with Crippen LogP contribution in [0.4, 0.5) is 4.39 Å². The van der Waals surface area contributed by atoms with Crippen LogP contribution in [-0.4, -0.2) is 27.8 Å². The molecule has 8 heteroatoms. The van der Waals surface area contributed by atoms with E-state index in [1.165, 1.54) is 36.7 Å². The molecule has 0 bridgehead atoms. The van der Waals surface area contributed by atoms with Crippen LogP contribution in [-0.2, 0) is 6.42 Å². The summed E-state index contributed by atoms with van der Waals surface area (Å²) < 4.78 is 24.4. The number of fused-ring (bicyclic) bond motifs is 1. The number of H-pyrrole nitrogens is 1. The summed E-state index contributed by atoms with van der Waals surface area (Å²) in [5.41, 5.74) is 2.44. The molecule has 0 aliphatic carbocycles. The number of hydrogen-bond donors (Lipinski definition) is 1. The van der Waals surface area contributed by atoms with Crippen LogP contribution in [0.25, 0.3) is 22.2 Å². The first-order chi connectivity index (χ1) is 17.5. The molecule has 3 heterocycles. The molecule has 0 saturated carbocycles. The summed E-state index contributed by atoms with van der Waals surface area (Å²) in [5.74, 6) is 0.974. The van der Waals surface area contributed by atoms with Gasteiger partial charge in [-0.2, -0.15) is 0 Å². The fraction of sp³-hybridized carbons (Fsp3) is 0.0714. The van der Waals surface area contributed by atoms with Crippen molar-refractivity contribution >= 4 is 16.8 Å². The highest BCUT2D eigenvalue weighted by Crippen LogP contribution is 2.29. The molecule has 7 nitrogen and oxygen atoms in total. The van der Waals surface area contributed by atoms with Crippen molar-refractivity contribution in [2.24, 2.45) is 0 Å². The number of rotatable bonds is 7. The fourth-order valence-electron chi connectivity index (χ4n) is 3.80. The molecule has 0 unspecified atom stereocenters. The van der Waals surface area contributed by atoms with Gasteiger partial charge < -0.3 is 14.5 Å². The van der Waals surface area contributed by atoms with E-state index in [9.17, 15) is 14.0 Å². The Morgan fingerprint density at radius 2 is 1.75 bits per heavy atom. The van der Waals surface area contributed by atoms with Crippen LogP contribution in [0.2, 0.25) is 0 Å². The van der Waals surface area contributed by atoms with Crippen LogP contribution in [0.15, 0.2) is 90.2 Å². The lowest BCUT2D eigenvalue weighted by atomic mass is 10.00. The summed E-state index contributed by atoms with van der Waals surface area (Å²) >= 11 is 0. The van der Waals surface area contributed by atoms with Gasteiger partial charge in [-0.25, -0.2) is 9.37 Å². The van der Waals surface area contributed by atoms with Crippen LogP contribution in [0.1, 0.15) is 15.9 Å². The van der Waals surface area contributed by atoms with Gasteiger partial charge >= 0.3 is 0 Å². The predicted molar refractivity (Wildman–Crippen MR) is 133 cm³/mol. The molecule has 5 aromatic rings. The third-order valence-electron chi connectivity index (χ3n) is 5.67. The Labute approximate surface area is 205 Å². The molecule has 0 fully saturated rings. The summed E-state index contributed by atoms with van der Waals surface area (Å²) in [6, 6.07) is 16.1. The maximum absolute atomic E-state index is 13.2. The highest BCUT2D eigenvalue weighted by molar-refractivity contribution is 5.98. The van der Waals surface area contributed by atoms with Gasteiger partial charge in [0.25, 0.3) is 0 Å². The van der Waals surface area contributed by atoms with Gasteiger partial charge in [0, 0.05) is 42.7 Å². The summed E-state index contributed by atoms with van der Waals surface area (Å²) in [5, 5.41) is 0. The smallest absolute Gasteiger partial charge is 0.200 e. The van der Waals surface area contributed by atoms with Crippen molar-refractivity contribution in [3.05, 3.63) is 113 Å². The Bertz CT molecular complexity index is 1610. The molecule has 0 aliphatic heterocycles. The Hall–Kier alpha value is -4.85. The van der Waals surface area contributed by atoms with E-state index >= 15 is 0 Å². The number of aromatic nitrogens is 3. The summed E-state index contributed by atoms with van der Waals surface area (Å²) in [4.78, 5) is 37.4. The minimum absolute atomic E-state index is 0.0375. The molecule has 0 spiro atoms. The summed E-state index contributed by atoms with van der Waals surface area (Å²) in [7, 11) is 1.56. The minimum Gasteiger partial charge on any atom is -0.495 e. The number of carbonyl (C=O) groups excluding carboxylic acids is 1. The second-order valence-electron chi connectivity index (χ2n) is 8.02. The van der Waals surface area contributed by atoms with E-state index in [0.29, 0.717) is 39.4 Å². The van der Waals surface area contributed by atoms with E-state index < -0.39 is 11.2 Å². The number of carbonyl (C=O) groups is 1. The molecule has 0 aliphatic rings. The zero-order chi connectivity index (χ0) is 25.1. The van der Waals surface area contributed by atoms with Crippen molar-refractivity contribution in [2.45, 2.75) is 6.42 Å². The van der Waals surface area contributed by atoms with Crippen LogP contribution in [0.5, 0.6) is 17.2 Å². The van der Waals surface area contributed by atoms with Crippen molar-refractivity contribution in [2.75, 3.05) is 7.11 Å². The fourth-order valence-corrected chi connectivity index (χ4v) is 3.80. The maximum Gasteiger partial charge on any atom is 0.200 e. The number of aromatic amines is 1. The number of benzene rings is 2. The normalized spacial score (nSPS) is 10.8. The molecule has 3 aromatic heterocycles. The van der Waals surface area contributed by atoms with Crippen LogP contribution < -0.4 is 14.9 Å². The zero-order valence-electron chi connectivity index (χ0n) is 19.2. The highest BCUT2D eigenvalue weighted by Gasteiger charge is 2.15. The average Bonchev–Trinajstić information content (AvgIpc) is 2.90. The van der Waals surface area contributed by atoms with E-state index in [4.69, 9.17) is 9.47 Å². The quantitative estimate of drug-likeness (QED) is 0.315. The molecule has 1 N–H and O–H groups in total. The topological polar surface area (TPSA) is 94.2 Å². The van der Waals surface area contributed by atoms with Crippen LogP contribution in [0, 0.1) is 5.82 Å². The van der Waals surface area contributed by atoms with E-state index in [2.05, 4.69) is 15.0 Å². The van der Waals surface area contributed by atoms with Crippen LogP contribution in [0.3, 0.4) is 0 Å². The molecule has 0 saturated heterocycles. The van der Waals surface area contributed by atoms with Gasteiger partial charge in [0.15, 0.2) is 17.0 Å². The number of nitrogens with one attached hydrogen (secondary N) is 1. The number of methoxy groups -OCH3 is 1. The van der Waals surface area contributed by atoms with Gasteiger partial charge in [-0.05, 0) is 35.4 Å². The molecule has 178 valence electrons. The van der Waals surface area contributed by atoms with E-state index in [-0.39, 0.29) is 17.8 Å². The number of ether oxygens (including phenoxy) is 2. The van der Waals surface area contributed by atoms with Crippen molar-refractivity contribution in [1.29, 1.82) is 0 Å². The number of Topliss-reactive ketones (excluding diaryl/α,β-unsaturated/α-hetero) is 1. The van der Waals surface area contributed by atoms with Gasteiger partial charge in [-0.15, -0.1) is 0 Å². The van der Waals surface area contributed by atoms with Crippen LogP contribution >= 0.6 is 0 Å². The number of ketones is 1. The standard InChI is InChI=1S/C28H20FN3O4/c1-35-21-13-24-27(32-14-21)26(10-11-31-24)36-20-8-2-17(3-9-20)12-25(33)23-16-30-15-22(28(23)34)18-4-6-19(29)7-5-18/h2-11,13-16H,12H2,1H3,(H,30,34). The molecule has 0 atom stereocenters. The number of hydrogen-bond acceptors (Lipinski definition) is 6. The Balaban J connectivity index is 1.33. The summed E-state index contributed by atoms with van der Waals surface area (Å²) in [6.45, 7) is 0. The molecular formula is C28H20FN3O4. The van der Waals surface area contributed by atoms with Crippen molar-refractivity contribution in [1.82, 2.24) is 15.0 Å². The van der Waals surface area contributed by atoms with E-state index in [1.807, 2.05) is 0 Å². The zero-order valence-corrected chi connectivity index (χ0v) is 19.2. The van der Waals surface area contributed by atoms with Crippen molar-refractivity contribution in [3.8, 4) is 28.4 Å². The molecule has 36 heavy (non-hydrogen) atoms. The lowest BCUT2D eigenvalue weighted by molar-refractivity contribution is 0.0991. The van der Waals surface area contributed by atoms with Gasteiger partial charge in [0.05, 0.1) is 24.4 Å². The maximum atomic E-state index is 13.2. The van der Waals surface area contributed by atoms with Gasteiger partial charge in [-0.1, -0.05) is 24.3 Å². The number of pyridine rings is 3. The molecular weight excluding hydrogens is 461 g/mol. The van der Waals surface area contributed by atoms with Crippen molar-refractivity contribution in [3.63, 3.8) is 0 Å². The second-order valence-corrected chi connectivity index (χ2v) is 8.02. The molecule has 2 aromatic carbocycles. The Kier molecular flexibility index (Phi) is 6.23. The lowest BCUT2D eigenvalue weighted by Gasteiger charge is -2.09. The highest BCUT2D eigenvalue weighted by atomic mass is 19.1. The van der Waals surface area contributed by atoms with E-state index in [1.54, 1.807) is 55.9 Å². The number of nitrogens with zero attached hydrogens (tertiary/aromatic N) is 2. The van der Waals surface area contributed by atoms with Gasteiger partial charge in [0.2, 0.25) is 0 Å². The van der Waals surface area contributed by atoms with Gasteiger partial charge in [0.1, 0.15) is 22.8 Å². The monoisotopic (exact) mass is 481 g/mol. The van der Waals surface area contributed by atoms with Crippen molar-refractivity contribution < 1.29 is 18.7 Å². The number of halogens is 1. The van der Waals surface area contributed by atoms with E-state index in [0.717, 1.165) is 5.56 Å². The van der Waals surface area contributed by atoms with Gasteiger partial charge in [-0.3, -0.25) is 14.6 Å². The first-order valence-electron chi connectivity index (χ1n) is 11.1. The second kappa shape index (κ2) is 9.79. The Morgan fingerprint density at radius 3 is 2.50 bits per heavy atom. The molecule has 5 rings (SSSR count). The SMILES string of the molecule is COc1cnc2c(Oc3ccc(CC(=O)c4c[nH]cc(-c5ccc(F)cc5)c4=O)cc3)ccnc2c1. The Morgan fingerprint density at radius 1 is 0.972 bits per heavy atom. The molecule has 0 amide bonds. The first-order valence-corrected chi connectivity index (χ1v) is 11.1.